The normalized spacial score (nSPS) is 10.6. The molecule has 0 amide bonds. The Labute approximate surface area is 69.4 Å². The Morgan fingerprint density at radius 1 is 1.82 bits per heavy atom. The maximum Gasteiger partial charge on any atom is 0.362 e. The molecule has 0 aliphatic rings. The van der Waals surface area contributed by atoms with Gasteiger partial charge in [-0.1, -0.05) is 5.11 Å². The van der Waals surface area contributed by atoms with Crippen LogP contribution in [0.5, 0.6) is 0 Å². The first-order valence-electron chi connectivity index (χ1n) is 2.75. The summed E-state index contributed by atoms with van der Waals surface area (Å²) in [7, 11) is 0. The maximum atomic E-state index is 10.1. The molecule has 6 nitrogen and oxygen atoms in total. The van der Waals surface area contributed by atoms with Crippen LogP contribution in [0.25, 0.3) is 10.4 Å². The molecule has 0 aromatic rings. The Bertz CT molecular complexity index is 167. The molecule has 0 fully saturated rings. The summed E-state index contributed by atoms with van der Waals surface area (Å²) in [5, 5.41) is 11.5. The molecular formula is C4H9ClN4O2. The highest BCUT2D eigenvalue weighted by Crippen LogP contribution is 1.86. The summed E-state index contributed by atoms with van der Waals surface area (Å²) in [6.45, 7) is 0.191. The molecule has 1 atom stereocenters. The lowest BCUT2D eigenvalue weighted by Gasteiger charge is -1.97. The van der Waals surface area contributed by atoms with Crippen LogP contribution < -0.4 is 18.1 Å². The van der Waals surface area contributed by atoms with Gasteiger partial charge in [-0.15, -0.1) is 0 Å². The van der Waals surface area contributed by atoms with Crippen molar-refractivity contribution < 1.29 is 28.0 Å². The Hall–Kier alpha value is -0.970. The van der Waals surface area contributed by atoms with E-state index in [0.29, 0.717) is 6.42 Å². The van der Waals surface area contributed by atoms with Crippen molar-refractivity contribution in [1.82, 2.24) is 0 Å². The third-order valence-electron chi connectivity index (χ3n) is 0.990. The van der Waals surface area contributed by atoms with E-state index in [0.717, 1.165) is 0 Å². The van der Waals surface area contributed by atoms with Gasteiger partial charge in [0.1, 0.15) is 0 Å². The minimum atomic E-state index is -0.965. The SMILES string of the molecule is [Cl-].[N-]=[N+]=NCC[C@H]([NH3+])C(=O)O. The van der Waals surface area contributed by atoms with Crippen LogP contribution in [0.4, 0.5) is 0 Å². The van der Waals surface area contributed by atoms with E-state index < -0.39 is 12.0 Å². The number of carboxylic acids is 1. The third kappa shape index (κ3) is 6.92. The summed E-state index contributed by atoms with van der Waals surface area (Å²) in [5.74, 6) is -0.965. The first-order chi connectivity index (χ1) is 4.68. The van der Waals surface area contributed by atoms with Gasteiger partial charge in [0.25, 0.3) is 0 Å². The molecule has 0 saturated heterocycles. The molecule has 0 aromatic heterocycles. The molecule has 4 N–H and O–H groups in total. The van der Waals surface area contributed by atoms with Gasteiger partial charge < -0.3 is 23.2 Å². The molecule has 0 spiro atoms. The van der Waals surface area contributed by atoms with E-state index in [1.165, 1.54) is 0 Å². The lowest BCUT2D eigenvalue weighted by atomic mass is 10.2. The van der Waals surface area contributed by atoms with Gasteiger partial charge in [0.05, 0.1) is 0 Å². The summed E-state index contributed by atoms with van der Waals surface area (Å²) in [4.78, 5) is 12.6. The summed E-state index contributed by atoms with van der Waals surface area (Å²) < 4.78 is 0. The van der Waals surface area contributed by atoms with E-state index in [-0.39, 0.29) is 19.0 Å². The van der Waals surface area contributed by atoms with E-state index in [4.69, 9.17) is 10.6 Å². The number of carbonyl (C=O) groups is 1. The Kier molecular flexibility index (Phi) is 8.23. The van der Waals surface area contributed by atoms with Crippen LogP contribution in [0, 0.1) is 0 Å². The van der Waals surface area contributed by atoms with Gasteiger partial charge in [-0.2, -0.15) is 0 Å². The van der Waals surface area contributed by atoms with Gasteiger partial charge in [-0.25, -0.2) is 4.79 Å². The summed E-state index contributed by atoms with van der Waals surface area (Å²) in [5.41, 5.74) is 11.1. The van der Waals surface area contributed by atoms with Crippen molar-refractivity contribution in [3.05, 3.63) is 10.4 Å². The molecule has 64 valence electrons. The van der Waals surface area contributed by atoms with Crippen molar-refractivity contribution >= 4 is 5.97 Å². The minimum absolute atomic E-state index is 0. The van der Waals surface area contributed by atoms with Gasteiger partial charge >= 0.3 is 5.97 Å². The van der Waals surface area contributed by atoms with Crippen LogP contribution in [-0.4, -0.2) is 23.7 Å². The van der Waals surface area contributed by atoms with E-state index in [2.05, 4.69) is 15.8 Å². The Balaban J connectivity index is 0. The fourth-order valence-electron chi connectivity index (χ4n) is 0.382. The maximum absolute atomic E-state index is 10.1. The smallest absolute Gasteiger partial charge is 0.362 e. The lowest BCUT2D eigenvalue weighted by molar-refractivity contribution is -0.408. The van der Waals surface area contributed by atoms with Crippen molar-refractivity contribution in [2.45, 2.75) is 12.5 Å². The molecular weight excluding hydrogens is 172 g/mol. The molecule has 0 unspecified atom stereocenters. The summed E-state index contributed by atoms with van der Waals surface area (Å²) >= 11 is 0. The second-order valence-electron chi connectivity index (χ2n) is 1.78. The van der Waals surface area contributed by atoms with Gasteiger partial charge in [0.15, 0.2) is 6.04 Å². The molecule has 11 heavy (non-hydrogen) atoms. The van der Waals surface area contributed by atoms with Crippen LogP contribution in [-0.2, 0) is 4.79 Å². The fourth-order valence-corrected chi connectivity index (χ4v) is 0.382. The van der Waals surface area contributed by atoms with Crippen LogP contribution in [0.3, 0.4) is 0 Å². The molecule has 0 aliphatic carbocycles. The third-order valence-corrected chi connectivity index (χ3v) is 0.990. The fraction of sp³-hybridized carbons (Fsp3) is 0.750. The lowest BCUT2D eigenvalue weighted by Crippen LogP contribution is -3.00. The first-order valence-corrected chi connectivity index (χ1v) is 2.75. The number of aliphatic carboxylic acids is 1. The van der Waals surface area contributed by atoms with Crippen LogP contribution >= 0.6 is 0 Å². The Morgan fingerprint density at radius 2 is 2.36 bits per heavy atom. The van der Waals surface area contributed by atoms with Gasteiger partial charge in [0.2, 0.25) is 0 Å². The molecule has 0 aromatic carbocycles. The number of quaternary nitrogens is 1. The molecule has 0 rings (SSSR count). The number of carboxylic acid groups (broad SMARTS) is 1. The quantitative estimate of drug-likeness (QED) is 0.264. The average Bonchev–Trinajstić information content (AvgIpc) is 1.88. The zero-order valence-corrected chi connectivity index (χ0v) is 6.53. The number of hydrogen-bond donors (Lipinski definition) is 2. The molecule has 0 aliphatic heterocycles. The molecule has 0 bridgehead atoms. The number of hydrogen-bond acceptors (Lipinski definition) is 2. The second kappa shape index (κ2) is 7.14. The topological polar surface area (TPSA) is 114 Å². The first kappa shape index (κ1) is 12.7. The monoisotopic (exact) mass is 180 g/mol. The number of rotatable bonds is 4. The highest BCUT2D eigenvalue weighted by molar-refractivity contribution is 5.71. The molecule has 0 saturated carbocycles. The highest BCUT2D eigenvalue weighted by atomic mass is 35.5. The summed E-state index contributed by atoms with van der Waals surface area (Å²) in [6, 6.07) is -0.675. The zero-order valence-electron chi connectivity index (χ0n) is 5.77. The van der Waals surface area contributed by atoms with Crippen molar-refractivity contribution in [1.29, 1.82) is 0 Å². The largest absolute Gasteiger partial charge is 1.00 e. The summed E-state index contributed by atoms with van der Waals surface area (Å²) in [6.07, 6.45) is 0.291. The predicted molar refractivity (Wildman–Crippen MR) is 32.9 cm³/mol. The van der Waals surface area contributed by atoms with E-state index >= 15 is 0 Å². The number of azide groups is 1. The number of halogens is 1. The van der Waals surface area contributed by atoms with Crippen molar-refractivity contribution in [2.75, 3.05) is 6.54 Å². The molecule has 0 heterocycles. The van der Waals surface area contributed by atoms with Gasteiger partial charge in [-0.05, 0) is 5.53 Å². The van der Waals surface area contributed by atoms with Gasteiger partial charge in [-0.3, -0.25) is 0 Å². The van der Waals surface area contributed by atoms with Gasteiger partial charge in [0, 0.05) is 17.9 Å². The van der Waals surface area contributed by atoms with Crippen LogP contribution in [0.15, 0.2) is 5.11 Å². The van der Waals surface area contributed by atoms with Crippen molar-refractivity contribution in [3.63, 3.8) is 0 Å². The van der Waals surface area contributed by atoms with E-state index in [1.54, 1.807) is 0 Å². The Morgan fingerprint density at radius 3 is 2.73 bits per heavy atom. The minimum Gasteiger partial charge on any atom is -1.00 e. The van der Waals surface area contributed by atoms with Crippen molar-refractivity contribution in [2.24, 2.45) is 5.11 Å². The predicted octanol–water partition coefficient (Wildman–Crippen LogP) is -3.61. The van der Waals surface area contributed by atoms with Crippen LogP contribution in [0.1, 0.15) is 6.42 Å². The molecule has 7 heteroatoms. The zero-order chi connectivity index (χ0) is 7.98. The number of nitrogens with zero attached hydrogens (tertiary/aromatic N) is 3. The van der Waals surface area contributed by atoms with E-state index in [1.807, 2.05) is 0 Å². The van der Waals surface area contributed by atoms with Crippen LogP contribution in [0.2, 0.25) is 0 Å². The van der Waals surface area contributed by atoms with Crippen molar-refractivity contribution in [3.8, 4) is 0 Å². The highest BCUT2D eigenvalue weighted by Gasteiger charge is 2.13. The molecule has 0 radical (unpaired) electrons. The van der Waals surface area contributed by atoms with E-state index in [9.17, 15) is 4.79 Å². The standard InChI is InChI=1S/C4H8N4O2.ClH/c5-3(4(9)10)1-2-7-8-6;/h3H,1-2,5H2,(H,9,10);1H/t3-;/m0./s1. The second-order valence-corrected chi connectivity index (χ2v) is 1.78. The average molecular weight is 181 g/mol.